The maximum atomic E-state index is 11.9. The van der Waals surface area contributed by atoms with E-state index in [9.17, 15) is 4.79 Å². The molecular formula is C14H14N2O2. The maximum Gasteiger partial charge on any atom is 0.273 e. The fourth-order valence-electron chi connectivity index (χ4n) is 2.17. The van der Waals surface area contributed by atoms with Crippen molar-refractivity contribution in [2.75, 3.05) is 0 Å². The van der Waals surface area contributed by atoms with Gasteiger partial charge in [-0.15, -0.1) is 0 Å². The average Bonchev–Trinajstić information content (AvgIpc) is 3.01. The first-order chi connectivity index (χ1) is 8.75. The van der Waals surface area contributed by atoms with E-state index in [2.05, 4.69) is 22.6 Å². The first-order valence-electron chi connectivity index (χ1n) is 6.02. The van der Waals surface area contributed by atoms with Gasteiger partial charge in [-0.05, 0) is 18.9 Å². The van der Waals surface area contributed by atoms with Gasteiger partial charge in [0.05, 0.1) is 0 Å². The summed E-state index contributed by atoms with van der Waals surface area (Å²) in [5.41, 5.74) is 2.43. The van der Waals surface area contributed by atoms with Crippen LogP contribution in [0.1, 0.15) is 34.0 Å². The van der Waals surface area contributed by atoms with Crippen LogP contribution in [0.2, 0.25) is 0 Å². The van der Waals surface area contributed by atoms with E-state index < -0.39 is 0 Å². The zero-order valence-electron chi connectivity index (χ0n) is 10.1. The van der Waals surface area contributed by atoms with Crippen molar-refractivity contribution in [2.45, 2.75) is 25.3 Å². The van der Waals surface area contributed by atoms with Crippen LogP contribution in [0.5, 0.6) is 0 Å². The lowest BCUT2D eigenvalue weighted by atomic mass is 10.1. The van der Waals surface area contributed by atoms with Gasteiger partial charge >= 0.3 is 0 Å². The standard InChI is InChI=1S/C14H14N2O2/c1-9-8-18-16-13(9)14(17)15-12-7-11(12)10-5-3-2-4-6-10/h2-6,8,11-12H,7H2,1H3,(H,15,17)/t11-,12+/m0/s1. The number of carbonyl (C=O) groups excluding carboxylic acids is 1. The molecule has 4 nitrogen and oxygen atoms in total. The minimum Gasteiger partial charge on any atom is -0.364 e. The van der Waals surface area contributed by atoms with Crippen LogP contribution in [0.15, 0.2) is 41.1 Å². The Balaban J connectivity index is 1.64. The van der Waals surface area contributed by atoms with Gasteiger partial charge < -0.3 is 9.84 Å². The molecule has 1 aromatic carbocycles. The van der Waals surface area contributed by atoms with Crippen LogP contribution in [0.25, 0.3) is 0 Å². The van der Waals surface area contributed by atoms with Gasteiger partial charge in [-0.2, -0.15) is 0 Å². The number of carbonyl (C=O) groups is 1. The second kappa shape index (κ2) is 4.29. The maximum absolute atomic E-state index is 11.9. The second-order valence-corrected chi connectivity index (χ2v) is 4.68. The summed E-state index contributed by atoms with van der Waals surface area (Å²) in [6.45, 7) is 1.81. The van der Waals surface area contributed by atoms with E-state index in [1.165, 1.54) is 11.8 Å². The molecule has 0 aliphatic heterocycles. The average molecular weight is 242 g/mol. The van der Waals surface area contributed by atoms with Crippen molar-refractivity contribution >= 4 is 5.91 Å². The molecule has 1 fully saturated rings. The van der Waals surface area contributed by atoms with Gasteiger partial charge in [0, 0.05) is 17.5 Å². The minimum atomic E-state index is -0.148. The number of aromatic nitrogens is 1. The Kier molecular flexibility index (Phi) is 2.63. The molecule has 0 radical (unpaired) electrons. The van der Waals surface area contributed by atoms with Gasteiger partial charge in [0.2, 0.25) is 0 Å². The van der Waals surface area contributed by atoms with Gasteiger partial charge in [0.15, 0.2) is 5.69 Å². The molecule has 18 heavy (non-hydrogen) atoms. The highest BCUT2D eigenvalue weighted by atomic mass is 16.5. The molecule has 3 rings (SSSR count). The SMILES string of the molecule is Cc1conc1C(=O)N[C@@H]1C[C@H]1c1ccccc1. The summed E-state index contributed by atoms with van der Waals surface area (Å²) in [7, 11) is 0. The third-order valence-corrected chi connectivity index (χ3v) is 3.30. The third kappa shape index (κ3) is 2.01. The number of nitrogens with zero attached hydrogens (tertiary/aromatic N) is 1. The lowest BCUT2D eigenvalue weighted by Crippen LogP contribution is -2.27. The molecule has 0 unspecified atom stereocenters. The molecular weight excluding hydrogens is 228 g/mol. The Morgan fingerprint density at radius 1 is 1.39 bits per heavy atom. The number of aryl methyl sites for hydroxylation is 1. The van der Waals surface area contributed by atoms with Crippen molar-refractivity contribution in [1.82, 2.24) is 10.5 Å². The Morgan fingerprint density at radius 3 is 2.83 bits per heavy atom. The van der Waals surface area contributed by atoms with Crippen molar-refractivity contribution < 1.29 is 9.32 Å². The normalized spacial score (nSPS) is 21.6. The number of rotatable bonds is 3. The number of hydrogen-bond acceptors (Lipinski definition) is 3. The Hall–Kier alpha value is -2.10. The molecule has 2 aromatic rings. The molecule has 1 aromatic heterocycles. The van der Waals surface area contributed by atoms with E-state index in [-0.39, 0.29) is 11.9 Å². The van der Waals surface area contributed by atoms with Gasteiger partial charge in [0.1, 0.15) is 6.26 Å². The number of hydrogen-bond donors (Lipinski definition) is 1. The summed E-state index contributed by atoms with van der Waals surface area (Å²) >= 11 is 0. The van der Waals surface area contributed by atoms with Crippen molar-refractivity contribution in [3.63, 3.8) is 0 Å². The summed E-state index contributed by atoms with van der Waals surface area (Å²) < 4.78 is 4.77. The molecule has 1 saturated carbocycles. The summed E-state index contributed by atoms with van der Waals surface area (Å²) in [5.74, 6) is 0.284. The topological polar surface area (TPSA) is 55.1 Å². The van der Waals surface area contributed by atoms with E-state index in [4.69, 9.17) is 4.52 Å². The van der Waals surface area contributed by atoms with Crippen LogP contribution in [-0.2, 0) is 0 Å². The van der Waals surface area contributed by atoms with Gasteiger partial charge in [-0.3, -0.25) is 4.79 Å². The molecule has 4 heteroatoms. The fourth-order valence-corrected chi connectivity index (χ4v) is 2.17. The summed E-state index contributed by atoms with van der Waals surface area (Å²) in [6.07, 6.45) is 2.48. The Morgan fingerprint density at radius 2 is 2.17 bits per heavy atom. The summed E-state index contributed by atoms with van der Waals surface area (Å²) in [6, 6.07) is 10.5. The minimum absolute atomic E-state index is 0.148. The van der Waals surface area contributed by atoms with E-state index in [0.29, 0.717) is 11.6 Å². The van der Waals surface area contributed by atoms with Crippen LogP contribution in [0, 0.1) is 6.92 Å². The fraction of sp³-hybridized carbons (Fsp3) is 0.286. The van der Waals surface area contributed by atoms with Crippen molar-refractivity contribution in [2.24, 2.45) is 0 Å². The zero-order valence-corrected chi connectivity index (χ0v) is 10.1. The van der Waals surface area contributed by atoms with Crippen molar-refractivity contribution in [1.29, 1.82) is 0 Å². The van der Waals surface area contributed by atoms with Gasteiger partial charge in [-0.1, -0.05) is 35.5 Å². The predicted octanol–water partition coefficient (Wildman–Crippen LogP) is 2.27. The highest BCUT2D eigenvalue weighted by Crippen LogP contribution is 2.40. The molecule has 1 aliphatic carbocycles. The molecule has 1 N–H and O–H groups in total. The quantitative estimate of drug-likeness (QED) is 0.898. The van der Waals surface area contributed by atoms with Crippen molar-refractivity contribution in [3.8, 4) is 0 Å². The number of nitrogens with one attached hydrogen (secondary N) is 1. The first-order valence-corrected chi connectivity index (χ1v) is 6.02. The summed E-state index contributed by atoms with van der Waals surface area (Å²) in [4.78, 5) is 11.9. The molecule has 92 valence electrons. The molecule has 1 heterocycles. The van der Waals surface area contributed by atoms with Crippen LogP contribution in [0.4, 0.5) is 0 Å². The smallest absolute Gasteiger partial charge is 0.273 e. The Bertz CT molecular complexity index is 562. The number of amides is 1. The molecule has 0 bridgehead atoms. The van der Waals surface area contributed by atoms with Crippen LogP contribution >= 0.6 is 0 Å². The van der Waals surface area contributed by atoms with Gasteiger partial charge in [-0.25, -0.2) is 0 Å². The van der Waals surface area contributed by atoms with E-state index in [1.807, 2.05) is 25.1 Å². The lowest BCUT2D eigenvalue weighted by Gasteiger charge is -2.03. The van der Waals surface area contributed by atoms with Crippen LogP contribution in [-0.4, -0.2) is 17.1 Å². The largest absolute Gasteiger partial charge is 0.364 e. The molecule has 2 atom stereocenters. The van der Waals surface area contributed by atoms with E-state index in [1.54, 1.807) is 0 Å². The van der Waals surface area contributed by atoms with Crippen LogP contribution in [0.3, 0.4) is 0 Å². The number of benzene rings is 1. The molecule has 0 spiro atoms. The molecule has 1 amide bonds. The van der Waals surface area contributed by atoms with Crippen LogP contribution < -0.4 is 5.32 Å². The molecule has 0 saturated heterocycles. The monoisotopic (exact) mass is 242 g/mol. The lowest BCUT2D eigenvalue weighted by molar-refractivity contribution is 0.0940. The zero-order chi connectivity index (χ0) is 12.5. The Labute approximate surface area is 105 Å². The summed E-state index contributed by atoms with van der Waals surface area (Å²) in [5, 5.41) is 6.69. The van der Waals surface area contributed by atoms with Gasteiger partial charge in [0.25, 0.3) is 5.91 Å². The highest BCUT2D eigenvalue weighted by molar-refractivity contribution is 5.93. The van der Waals surface area contributed by atoms with E-state index in [0.717, 1.165) is 12.0 Å². The van der Waals surface area contributed by atoms with Crippen molar-refractivity contribution in [3.05, 3.63) is 53.4 Å². The predicted molar refractivity (Wildman–Crippen MR) is 66.3 cm³/mol. The first kappa shape index (κ1) is 11.0. The van der Waals surface area contributed by atoms with E-state index >= 15 is 0 Å². The molecule has 1 aliphatic rings. The third-order valence-electron chi connectivity index (χ3n) is 3.30. The second-order valence-electron chi connectivity index (χ2n) is 4.68. The highest BCUT2D eigenvalue weighted by Gasteiger charge is 2.39.